The lowest BCUT2D eigenvalue weighted by atomic mass is 10.0. The number of rotatable bonds is 1. The Bertz CT molecular complexity index is 488. The number of nitrogens with zero attached hydrogens (tertiary/aromatic N) is 2. The van der Waals surface area contributed by atoms with Crippen molar-refractivity contribution in [2.45, 2.75) is 19.4 Å². The number of carbonyl (C=O) groups excluding carboxylic acids is 1. The number of fused-ring (bicyclic) bond motifs is 1. The number of para-hydroxylation sites is 2. The number of benzene rings is 1. The summed E-state index contributed by atoms with van der Waals surface area (Å²) in [7, 11) is 2.08. The number of nitrogens with one attached hydrogen (secondary N) is 1. The second-order valence-electron chi connectivity index (χ2n) is 5.60. The van der Waals surface area contributed by atoms with E-state index in [-0.39, 0.29) is 11.9 Å². The predicted octanol–water partition coefficient (Wildman–Crippen LogP) is 1.47. The first-order valence-electron chi connectivity index (χ1n) is 7.03. The summed E-state index contributed by atoms with van der Waals surface area (Å²) in [6, 6.07) is 8.14. The molecule has 4 nitrogen and oxygen atoms in total. The van der Waals surface area contributed by atoms with Crippen molar-refractivity contribution in [1.82, 2.24) is 5.32 Å². The van der Waals surface area contributed by atoms with E-state index < -0.39 is 0 Å². The summed E-state index contributed by atoms with van der Waals surface area (Å²) < 4.78 is 0. The van der Waals surface area contributed by atoms with Crippen LogP contribution in [0.5, 0.6) is 0 Å². The van der Waals surface area contributed by atoms with Gasteiger partial charge in [-0.2, -0.15) is 0 Å². The normalized spacial score (nSPS) is 26.4. The van der Waals surface area contributed by atoms with Gasteiger partial charge in [-0.1, -0.05) is 19.1 Å². The van der Waals surface area contributed by atoms with Crippen LogP contribution < -0.4 is 15.1 Å². The fourth-order valence-electron chi connectivity index (χ4n) is 3.07. The zero-order valence-electron chi connectivity index (χ0n) is 11.6. The Kier molecular flexibility index (Phi) is 3.19. The molecule has 4 heteroatoms. The largest absolute Gasteiger partial charge is 0.371 e. The zero-order valence-corrected chi connectivity index (χ0v) is 11.6. The molecular weight excluding hydrogens is 238 g/mol. The van der Waals surface area contributed by atoms with E-state index in [1.54, 1.807) is 0 Å². The minimum atomic E-state index is -0.0172. The number of hydrogen-bond acceptors (Lipinski definition) is 3. The number of hydrogen-bond donors (Lipinski definition) is 1. The number of anilines is 2. The van der Waals surface area contributed by atoms with Crippen LogP contribution in [0.25, 0.3) is 0 Å². The van der Waals surface area contributed by atoms with Crippen molar-refractivity contribution in [3.63, 3.8) is 0 Å². The lowest BCUT2D eigenvalue weighted by Crippen LogP contribution is -2.50. The van der Waals surface area contributed by atoms with Crippen LogP contribution in [0.1, 0.15) is 13.3 Å². The Morgan fingerprint density at radius 2 is 2.00 bits per heavy atom. The van der Waals surface area contributed by atoms with Gasteiger partial charge in [-0.3, -0.25) is 4.79 Å². The van der Waals surface area contributed by atoms with E-state index in [0.29, 0.717) is 5.92 Å². The van der Waals surface area contributed by atoms with Crippen molar-refractivity contribution in [3.8, 4) is 0 Å². The lowest BCUT2D eigenvalue weighted by molar-refractivity contribution is -0.121. The van der Waals surface area contributed by atoms with Gasteiger partial charge in [0.1, 0.15) is 0 Å². The SMILES string of the molecule is CC1CCNC1C(=O)N1CCN(C)c2ccccc21. The van der Waals surface area contributed by atoms with Gasteiger partial charge in [-0.25, -0.2) is 0 Å². The highest BCUT2D eigenvalue weighted by atomic mass is 16.2. The first-order chi connectivity index (χ1) is 9.18. The van der Waals surface area contributed by atoms with Crippen LogP contribution in [0, 0.1) is 5.92 Å². The predicted molar refractivity (Wildman–Crippen MR) is 77.6 cm³/mol. The van der Waals surface area contributed by atoms with Gasteiger partial charge in [0.25, 0.3) is 0 Å². The molecule has 1 aromatic carbocycles. The summed E-state index contributed by atoms with van der Waals surface area (Å²) in [5.41, 5.74) is 2.19. The molecule has 1 aromatic rings. The molecule has 0 aliphatic carbocycles. The smallest absolute Gasteiger partial charge is 0.244 e. The third-order valence-corrected chi connectivity index (χ3v) is 4.31. The Balaban J connectivity index is 1.90. The summed E-state index contributed by atoms with van der Waals surface area (Å²) in [4.78, 5) is 16.9. The lowest BCUT2D eigenvalue weighted by Gasteiger charge is -2.37. The van der Waals surface area contributed by atoms with Gasteiger partial charge in [-0.05, 0) is 31.0 Å². The Morgan fingerprint density at radius 1 is 1.26 bits per heavy atom. The Morgan fingerprint density at radius 3 is 2.68 bits per heavy atom. The maximum Gasteiger partial charge on any atom is 0.244 e. The van der Waals surface area contributed by atoms with Gasteiger partial charge in [0, 0.05) is 20.1 Å². The zero-order chi connectivity index (χ0) is 13.4. The van der Waals surface area contributed by atoms with Crippen molar-refractivity contribution >= 4 is 17.3 Å². The van der Waals surface area contributed by atoms with E-state index in [1.807, 2.05) is 23.1 Å². The van der Waals surface area contributed by atoms with Crippen LogP contribution in [0.3, 0.4) is 0 Å². The highest BCUT2D eigenvalue weighted by molar-refractivity contribution is 6.01. The molecule has 2 heterocycles. The highest BCUT2D eigenvalue weighted by Crippen LogP contribution is 2.33. The summed E-state index contributed by atoms with van der Waals surface area (Å²) >= 11 is 0. The molecule has 0 aromatic heterocycles. The minimum absolute atomic E-state index is 0.0172. The van der Waals surface area contributed by atoms with Gasteiger partial charge in [0.15, 0.2) is 0 Å². The van der Waals surface area contributed by atoms with Crippen molar-refractivity contribution in [1.29, 1.82) is 0 Å². The van der Waals surface area contributed by atoms with Crippen LogP contribution in [0.15, 0.2) is 24.3 Å². The van der Waals surface area contributed by atoms with Crippen molar-refractivity contribution in [2.75, 3.05) is 36.5 Å². The molecule has 2 aliphatic heterocycles. The first kappa shape index (κ1) is 12.5. The average Bonchev–Trinajstić information content (AvgIpc) is 2.85. The van der Waals surface area contributed by atoms with Crippen LogP contribution in [0.2, 0.25) is 0 Å². The van der Waals surface area contributed by atoms with Gasteiger partial charge in [0.2, 0.25) is 5.91 Å². The molecule has 1 saturated heterocycles. The van der Waals surface area contributed by atoms with Crippen LogP contribution in [-0.2, 0) is 4.79 Å². The fraction of sp³-hybridized carbons (Fsp3) is 0.533. The maximum absolute atomic E-state index is 12.7. The average molecular weight is 259 g/mol. The molecule has 19 heavy (non-hydrogen) atoms. The van der Waals surface area contributed by atoms with E-state index in [2.05, 4.69) is 30.3 Å². The van der Waals surface area contributed by atoms with E-state index in [0.717, 1.165) is 37.4 Å². The molecule has 0 spiro atoms. The van der Waals surface area contributed by atoms with E-state index in [1.165, 1.54) is 0 Å². The fourth-order valence-corrected chi connectivity index (χ4v) is 3.07. The van der Waals surface area contributed by atoms with Gasteiger partial charge in [0.05, 0.1) is 17.4 Å². The van der Waals surface area contributed by atoms with Crippen LogP contribution in [-0.4, -0.2) is 38.6 Å². The van der Waals surface area contributed by atoms with Crippen LogP contribution in [0.4, 0.5) is 11.4 Å². The summed E-state index contributed by atoms with van der Waals surface area (Å²) in [5, 5.41) is 3.34. The molecule has 2 unspecified atom stereocenters. The van der Waals surface area contributed by atoms with Gasteiger partial charge < -0.3 is 15.1 Å². The third kappa shape index (κ3) is 2.10. The molecular formula is C15H21N3O. The number of carbonyl (C=O) groups is 1. The quantitative estimate of drug-likeness (QED) is 0.829. The molecule has 0 radical (unpaired) electrons. The molecule has 1 amide bonds. The molecule has 1 N–H and O–H groups in total. The monoisotopic (exact) mass is 259 g/mol. The Labute approximate surface area is 114 Å². The van der Waals surface area contributed by atoms with Gasteiger partial charge >= 0.3 is 0 Å². The summed E-state index contributed by atoms with van der Waals surface area (Å²) in [5.74, 6) is 0.657. The Hall–Kier alpha value is -1.55. The van der Waals surface area contributed by atoms with Crippen molar-refractivity contribution in [2.24, 2.45) is 5.92 Å². The third-order valence-electron chi connectivity index (χ3n) is 4.31. The van der Waals surface area contributed by atoms with Crippen LogP contribution >= 0.6 is 0 Å². The van der Waals surface area contributed by atoms with Gasteiger partial charge in [-0.15, -0.1) is 0 Å². The molecule has 0 saturated carbocycles. The van der Waals surface area contributed by atoms with E-state index >= 15 is 0 Å². The molecule has 3 rings (SSSR count). The number of likely N-dealkylation sites (N-methyl/N-ethyl adjacent to an activating group) is 1. The second-order valence-corrected chi connectivity index (χ2v) is 5.60. The summed E-state index contributed by atoms with van der Waals surface area (Å²) in [6.07, 6.45) is 1.09. The first-order valence-corrected chi connectivity index (χ1v) is 7.03. The molecule has 2 atom stereocenters. The minimum Gasteiger partial charge on any atom is -0.371 e. The second kappa shape index (κ2) is 4.85. The highest BCUT2D eigenvalue weighted by Gasteiger charge is 2.35. The van der Waals surface area contributed by atoms with E-state index in [4.69, 9.17) is 0 Å². The standard InChI is InChI=1S/C15H21N3O/c1-11-7-8-16-14(11)15(19)18-10-9-17(2)12-5-3-4-6-13(12)18/h3-6,11,14,16H,7-10H2,1-2H3. The van der Waals surface area contributed by atoms with E-state index in [9.17, 15) is 4.79 Å². The molecule has 1 fully saturated rings. The van der Waals surface area contributed by atoms with Crippen molar-refractivity contribution in [3.05, 3.63) is 24.3 Å². The maximum atomic E-state index is 12.7. The topological polar surface area (TPSA) is 35.6 Å². The summed E-state index contributed by atoms with van der Waals surface area (Å²) in [6.45, 7) is 4.78. The molecule has 0 bridgehead atoms. The molecule has 102 valence electrons. The number of amides is 1. The molecule has 2 aliphatic rings. The van der Waals surface area contributed by atoms with Crippen molar-refractivity contribution < 1.29 is 4.79 Å².